The number of esters is 1. The predicted molar refractivity (Wildman–Crippen MR) is 152 cm³/mol. The van der Waals surface area contributed by atoms with Crippen molar-refractivity contribution >= 4 is 23.3 Å². The number of halogens is 1. The summed E-state index contributed by atoms with van der Waals surface area (Å²) in [6.07, 6.45) is 1.68. The largest absolute Gasteiger partial charge is 0.468 e. The number of carbonyl (C=O) groups excluding carboxylic acids is 1. The Bertz CT molecular complexity index is 1550. The van der Waals surface area contributed by atoms with Crippen LogP contribution in [0.15, 0.2) is 78.9 Å². The van der Waals surface area contributed by atoms with Crippen molar-refractivity contribution in [3.63, 3.8) is 0 Å². The molecule has 0 radical (unpaired) electrons. The highest BCUT2D eigenvalue weighted by molar-refractivity contribution is 6.30. The van der Waals surface area contributed by atoms with Crippen molar-refractivity contribution in [3.05, 3.63) is 122 Å². The minimum Gasteiger partial charge on any atom is -0.468 e. The zero-order valence-corrected chi connectivity index (χ0v) is 23.2. The van der Waals surface area contributed by atoms with Gasteiger partial charge in [0.2, 0.25) is 0 Å². The van der Waals surface area contributed by atoms with Crippen LogP contribution >= 0.6 is 11.6 Å². The van der Waals surface area contributed by atoms with Gasteiger partial charge in [0, 0.05) is 11.4 Å². The van der Waals surface area contributed by atoms with Gasteiger partial charge in [0.1, 0.15) is 18.9 Å². The highest BCUT2D eigenvalue weighted by Crippen LogP contribution is 2.44. The fraction of sp³-hybridized carbons (Fsp3) is 0.258. The predicted octanol–water partition coefficient (Wildman–Crippen LogP) is 6.19. The van der Waals surface area contributed by atoms with Crippen LogP contribution in [-0.2, 0) is 41.0 Å². The normalized spacial score (nSPS) is 16.0. The molecule has 0 saturated carbocycles. The highest BCUT2D eigenvalue weighted by Gasteiger charge is 2.47. The lowest BCUT2D eigenvalue weighted by atomic mass is 9.67. The maximum Gasteiger partial charge on any atom is 0.352 e. The van der Waals surface area contributed by atoms with Crippen molar-refractivity contribution in [1.29, 1.82) is 0 Å². The Morgan fingerprint density at radius 1 is 0.976 bits per heavy atom. The quantitative estimate of drug-likeness (QED) is 0.125. The standard InChI is InChI=1S/C31H28ClN3O6/c1-39-29(36)31(16-8-13-23-17-24(32)14-15-25(23)31)18-26-27(35(37)38)28(40-19-21-9-4-2-5-10-21)34-30(33-26)41-20-22-11-6-3-7-12-22/h2-7,9-12,14-15,17H,8,13,16,18-20H2,1H3. The Morgan fingerprint density at radius 2 is 1.63 bits per heavy atom. The van der Waals surface area contributed by atoms with Gasteiger partial charge in [0.05, 0.1) is 17.4 Å². The molecule has 0 bridgehead atoms. The number of aryl methyl sites for hydroxylation is 1. The van der Waals surface area contributed by atoms with E-state index in [1.54, 1.807) is 12.1 Å². The van der Waals surface area contributed by atoms with Gasteiger partial charge in [0.15, 0.2) is 0 Å². The van der Waals surface area contributed by atoms with Gasteiger partial charge in [-0.3, -0.25) is 14.9 Å². The smallest absolute Gasteiger partial charge is 0.352 e. The van der Waals surface area contributed by atoms with Gasteiger partial charge in [0.25, 0.3) is 0 Å². The van der Waals surface area contributed by atoms with E-state index < -0.39 is 22.0 Å². The molecule has 1 aromatic heterocycles. The first-order chi connectivity index (χ1) is 19.9. The second-order valence-corrected chi connectivity index (χ2v) is 10.3. The summed E-state index contributed by atoms with van der Waals surface area (Å²) in [5, 5.41) is 13.0. The second-order valence-electron chi connectivity index (χ2n) is 9.82. The minimum absolute atomic E-state index is 0.0179. The van der Waals surface area contributed by atoms with Gasteiger partial charge >= 0.3 is 23.5 Å². The molecule has 9 nitrogen and oxygen atoms in total. The summed E-state index contributed by atoms with van der Waals surface area (Å²) in [5.74, 6) is -0.744. The second kappa shape index (κ2) is 12.3. The van der Waals surface area contributed by atoms with E-state index in [-0.39, 0.29) is 37.2 Å². The molecule has 0 fully saturated rings. The molecule has 3 aromatic carbocycles. The van der Waals surface area contributed by atoms with E-state index in [1.165, 1.54) is 7.11 Å². The summed E-state index contributed by atoms with van der Waals surface area (Å²) in [6, 6.07) is 23.9. The lowest BCUT2D eigenvalue weighted by Gasteiger charge is -2.36. The van der Waals surface area contributed by atoms with E-state index in [4.69, 9.17) is 25.8 Å². The van der Waals surface area contributed by atoms with Crippen molar-refractivity contribution in [2.45, 2.75) is 44.3 Å². The number of benzene rings is 3. The number of hydrogen-bond donors (Lipinski definition) is 0. The molecule has 0 amide bonds. The van der Waals surface area contributed by atoms with Crippen LogP contribution in [0.3, 0.4) is 0 Å². The molecule has 0 N–H and O–H groups in total. The summed E-state index contributed by atoms with van der Waals surface area (Å²) in [4.78, 5) is 34.2. The fourth-order valence-electron chi connectivity index (χ4n) is 5.28. The molecule has 5 rings (SSSR count). The number of methoxy groups -OCH3 is 1. The molecule has 210 valence electrons. The molecule has 0 aliphatic heterocycles. The Hall–Kier alpha value is -4.50. The van der Waals surface area contributed by atoms with Gasteiger partial charge in [-0.05, 0) is 53.6 Å². The number of rotatable bonds is 10. The molecule has 1 unspecified atom stereocenters. The Kier molecular flexibility index (Phi) is 8.45. The first kappa shape index (κ1) is 28.0. The molecule has 0 spiro atoms. The number of nitro groups is 1. The molecule has 0 saturated heterocycles. The highest BCUT2D eigenvalue weighted by atomic mass is 35.5. The molecule has 41 heavy (non-hydrogen) atoms. The van der Waals surface area contributed by atoms with Gasteiger partial charge < -0.3 is 14.2 Å². The number of ether oxygens (including phenoxy) is 3. The van der Waals surface area contributed by atoms with E-state index >= 15 is 0 Å². The lowest BCUT2D eigenvalue weighted by molar-refractivity contribution is -0.387. The number of carbonyl (C=O) groups is 1. The third-order valence-electron chi connectivity index (χ3n) is 7.19. The topological polar surface area (TPSA) is 114 Å². The van der Waals surface area contributed by atoms with Crippen LogP contribution in [0.2, 0.25) is 5.02 Å². The van der Waals surface area contributed by atoms with E-state index in [0.29, 0.717) is 23.4 Å². The fourth-order valence-corrected chi connectivity index (χ4v) is 5.47. The van der Waals surface area contributed by atoms with E-state index in [2.05, 4.69) is 9.97 Å². The van der Waals surface area contributed by atoms with E-state index in [1.807, 2.05) is 66.7 Å². The third kappa shape index (κ3) is 6.15. The van der Waals surface area contributed by atoms with Crippen molar-refractivity contribution in [2.75, 3.05) is 7.11 Å². The monoisotopic (exact) mass is 573 g/mol. The van der Waals surface area contributed by atoms with E-state index in [0.717, 1.165) is 23.1 Å². The first-order valence-electron chi connectivity index (χ1n) is 13.2. The minimum atomic E-state index is -1.22. The number of aromatic nitrogens is 2. The summed E-state index contributed by atoms with van der Waals surface area (Å²) >= 11 is 6.26. The SMILES string of the molecule is COC(=O)C1(Cc2nc(OCc3ccccc3)nc(OCc3ccccc3)c2[N+](=O)[O-])CCCc2cc(Cl)ccc21. The van der Waals surface area contributed by atoms with Gasteiger partial charge in [-0.1, -0.05) is 78.3 Å². The number of nitrogens with zero attached hydrogens (tertiary/aromatic N) is 3. The lowest BCUT2D eigenvalue weighted by Crippen LogP contribution is -2.42. The zero-order valence-electron chi connectivity index (χ0n) is 22.4. The zero-order chi connectivity index (χ0) is 28.8. The van der Waals surface area contributed by atoms with Gasteiger partial charge in [-0.2, -0.15) is 9.97 Å². The summed E-state index contributed by atoms with van der Waals surface area (Å²) in [6.45, 7) is 0.180. The maximum atomic E-state index is 13.5. The van der Waals surface area contributed by atoms with Crippen LogP contribution in [0.1, 0.15) is 40.8 Å². The van der Waals surface area contributed by atoms with E-state index in [9.17, 15) is 14.9 Å². The van der Waals surface area contributed by atoms with Gasteiger partial charge in [-0.25, -0.2) is 0 Å². The molecular formula is C31H28ClN3O6. The number of fused-ring (bicyclic) bond motifs is 1. The van der Waals surface area contributed by atoms with Crippen molar-refractivity contribution in [2.24, 2.45) is 0 Å². The maximum absolute atomic E-state index is 13.5. The molecule has 1 atom stereocenters. The Morgan fingerprint density at radius 3 is 2.27 bits per heavy atom. The molecule has 10 heteroatoms. The van der Waals surface area contributed by atoms with Crippen molar-refractivity contribution in [1.82, 2.24) is 9.97 Å². The average Bonchev–Trinajstić information content (AvgIpc) is 2.99. The van der Waals surface area contributed by atoms with Crippen LogP contribution in [0.4, 0.5) is 5.69 Å². The van der Waals surface area contributed by atoms with Crippen molar-refractivity contribution in [3.8, 4) is 11.9 Å². The van der Waals surface area contributed by atoms with Crippen LogP contribution in [0, 0.1) is 10.1 Å². The van der Waals surface area contributed by atoms with Crippen LogP contribution in [0.5, 0.6) is 11.9 Å². The van der Waals surface area contributed by atoms with Crippen LogP contribution in [-0.4, -0.2) is 28.0 Å². The average molecular weight is 574 g/mol. The Balaban J connectivity index is 1.60. The third-order valence-corrected chi connectivity index (χ3v) is 7.43. The first-order valence-corrected chi connectivity index (χ1v) is 13.5. The molecular weight excluding hydrogens is 546 g/mol. The number of hydrogen-bond acceptors (Lipinski definition) is 8. The van der Waals surface area contributed by atoms with Crippen LogP contribution < -0.4 is 9.47 Å². The molecule has 4 aromatic rings. The summed E-state index contributed by atoms with van der Waals surface area (Å²) in [7, 11) is 1.31. The summed E-state index contributed by atoms with van der Waals surface area (Å²) in [5.41, 5.74) is 1.66. The molecule has 1 aliphatic rings. The van der Waals surface area contributed by atoms with Gasteiger partial charge in [-0.15, -0.1) is 0 Å². The molecule has 1 heterocycles. The Labute approximate surface area is 242 Å². The van der Waals surface area contributed by atoms with Crippen LogP contribution in [0.25, 0.3) is 0 Å². The van der Waals surface area contributed by atoms with Crippen molar-refractivity contribution < 1.29 is 23.9 Å². The summed E-state index contributed by atoms with van der Waals surface area (Å²) < 4.78 is 17.1. The molecule has 1 aliphatic carbocycles.